The molecular weight excluding hydrogens is 140 g/mol. The van der Waals surface area contributed by atoms with Crippen molar-refractivity contribution in [1.29, 1.82) is 0 Å². The van der Waals surface area contributed by atoms with Gasteiger partial charge in [0.25, 0.3) is 0 Å². The molecule has 0 saturated carbocycles. The summed E-state index contributed by atoms with van der Waals surface area (Å²) in [6.07, 6.45) is 0. The normalized spacial score (nSPS) is 7.64. The van der Waals surface area contributed by atoms with Gasteiger partial charge in [0.05, 0.1) is 7.11 Å². The standard InChI is InChI=1S/C8H10O.CO/c1-7-3-5-8(9-2)6-4-7;1-2/h3-6H,1-2H3;. The molecule has 1 rings (SSSR count). The predicted octanol–water partition coefficient (Wildman–Crippen LogP) is 1.97. The van der Waals surface area contributed by atoms with Crippen LogP contribution in [0.1, 0.15) is 5.56 Å². The quantitative estimate of drug-likeness (QED) is 0.444. The number of hydrogen-bond acceptors (Lipinski definition) is 1. The van der Waals surface area contributed by atoms with E-state index in [4.69, 9.17) is 9.39 Å². The van der Waals surface area contributed by atoms with Crippen LogP contribution in [0.3, 0.4) is 0 Å². The molecule has 0 amide bonds. The van der Waals surface area contributed by atoms with Crippen LogP contribution >= 0.6 is 0 Å². The van der Waals surface area contributed by atoms with Crippen LogP contribution in [0.15, 0.2) is 24.3 Å². The third-order valence-corrected chi connectivity index (χ3v) is 1.26. The van der Waals surface area contributed by atoms with Crippen molar-refractivity contribution in [2.24, 2.45) is 0 Å². The molecule has 0 radical (unpaired) electrons. The molecule has 0 fully saturated rings. The molecule has 1 aromatic carbocycles. The van der Waals surface area contributed by atoms with Crippen LogP contribution in [-0.2, 0) is 4.65 Å². The van der Waals surface area contributed by atoms with Gasteiger partial charge in [0.15, 0.2) is 0 Å². The average Bonchev–Trinajstić information content (AvgIpc) is 2.10. The Balaban J connectivity index is 0.000000461. The number of hydrogen-bond donors (Lipinski definition) is 0. The van der Waals surface area contributed by atoms with Crippen molar-refractivity contribution in [3.05, 3.63) is 36.5 Å². The van der Waals surface area contributed by atoms with E-state index in [0.717, 1.165) is 5.75 Å². The summed E-state index contributed by atoms with van der Waals surface area (Å²) >= 11 is 0. The van der Waals surface area contributed by atoms with E-state index in [1.54, 1.807) is 7.11 Å². The van der Waals surface area contributed by atoms with E-state index in [-0.39, 0.29) is 0 Å². The topological polar surface area (TPSA) is 29.1 Å². The number of benzene rings is 1. The van der Waals surface area contributed by atoms with Crippen LogP contribution in [0.5, 0.6) is 5.75 Å². The summed E-state index contributed by atoms with van der Waals surface area (Å²) in [5.74, 6) is 0.917. The molecule has 0 saturated heterocycles. The third kappa shape index (κ3) is 3.46. The molecule has 58 valence electrons. The van der Waals surface area contributed by atoms with Gasteiger partial charge in [0.2, 0.25) is 0 Å². The fourth-order valence-electron chi connectivity index (χ4n) is 0.674. The van der Waals surface area contributed by atoms with Gasteiger partial charge in [-0.3, -0.25) is 0 Å². The van der Waals surface area contributed by atoms with Gasteiger partial charge in [-0.1, -0.05) is 17.7 Å². The summed E-state index contributed by atoms with van der Waals surface area (Å²) in [5.41, 5.74) is 1.26. The Morgan fingerprint density at radius 2 is 1.64 bits per heavy atom. The Labute approximate surface area is 66.5 Å². The Bertz CT molecular complexity index is 211. The van der Waals surface area contributed by atoms with E-state index in [1.807, 2.05) is 24.3 Å². The molecule has 0 bridgehead atoms. The van der Waals surface area contributed by atoms with Gasteiger partial charge in [-0.05, 0) is 19.1 Å². The molecule has 0 aromatic heterocycles. The van der Waals surface area contributed by atoms with Crippen molar-refractivity contribution in [1.82, 2.24) is 0 Å². The van der Waals surface area contributed by atoms with E-state index < -0.39 is 0 Å². The monoisotopic (exact) mass is 150 g/mol. The predicted molar refractivity (Wildman–Crippen MR) is 41.7 cm³/mol. The molecule has 2 heteroatoms. The van der Waals surface area contributed by atoms with Crippen LogP contribution in [-0.4, -0.2) is 7.11 Å². The molecule has 0 aliphatic heterocycles. The van der Waals surface area contributed by atoms with Gasteiger partial charge < -0.3 is 4.74 Å². The summed E-state index contributed by atoms with van der Waals surface area (Å²) in [5, 5.41) is 0. The summed E-state index contributed by atoms with van der Waals surface area (Å²) in [4.78, 5) is 0. The average molecular weight is 150 g/mol. The van der Waals surface area contributed by atoms with Gasteiger partial charge in [0, 0.05) is 0 Å². The zero-order valence-corrected chi connectivity index (χ0v) is 6.63. The maximum absolute atomic E-state index is 7.50. The maximum atomic E-state index is 7.50. The molecule has 0 aliphatic carbocycles. The van der Waals surface area contributed by atoms with Crippen molar-refractivity contribution >= 4 is 0 Å². The second-order valence-corrected chi connectivity index (χ2v) is 2.02. The molecule has 0 atom stereocenters. The summed E-state index contributed by atoms with van der Waals surface area (Å²) in [6, 6.07) is 7.96. The van der Waals surface area contributed by atoms with Gasteiger partial charge in [-0.2, -0.15) is 0 Å². The van der Waals surface area contributed by atoms with E-state index in [1.165, 1.54) is 5.56 Å². The van der Waals surface area contributed by atoms with Crippen molar-refractivity contribution in [2.45, 2.75) is 6.92 Å². The second-order valence-electron chi connectivity index (χ2n) is 2.02. The van der Waals surface area contributed by atoms with E-state index >= 15 is 0 Å². The molecule has 1 aromatic rings. The number of ether oxygens (including phenoxy) is 1. The molecule has 11 heavy (non-hydrogen) atoms. The van der Waals surface area contributed by atoms with Gasteiger partial charge >= 0.3 is 11.3 Å². The molecule has 2 nitrogen and oxygen atoms in total. The molecule has 0 aliphatic rings. The molecule has 0 heterocycles. The number of rotatable bonds is 1. The van der Waals surface area contributed by atoms with Crippen LogP contribution < -0.4 is 4.74 Å². The molecule has 0 N–H and O–H groups in total. The van der Waals surface area contributed by atoms with Crippen molar-refractivity contribution < 1.29 is 9.39 Å². The van der Waals surface area contributed by atoms with Crippen molar-refractivity contribution in [3.63, 3.8) is 0 Å². The van der Waals surface area contributed by atoms with Crippen LogP contribution in [0.2, 0.25) is 0 Å². The minimum atomic E-state index is 0.917. The summed E-state index contributed by atoms with van der Waals surface area (Å²) in [7, 11) is 1.67. The third-order valence-electron chi connectivity index (χ3n) is 1.26. The first-order valence-electron chi connectivity index (χ1n) is 3.14. The van der Waals surface area contributed by atoms with Crippen LogP contribution in [0.4, 0.5) is 0 Å². The first-order valence-corrected chi connectivity index (χ1v) is 3.14. The van der Waals surface area contributed by atoms with E-state index in [0.29, 0.717) is 0 Å². The Hall–Kier alpha value is -1.24. The second kappa shape index (κ2) is 5.54. The first kappa shape index (κ1) is 9.76. The SMILES string of the molecule is COc1ccc(C)cc1.[C-]#[O+]. The number of aryl methyl sites for hydroxylation is 1. The van der Waals surface area contributed by atoms with Crippen LogP contribution in [0.25, 0.3) is 0 Å². The van der Waals surface area contributed by atoms with Crippen molar-refractivity contribution in [2.75, 3.05) is 7.11 Å². The van der Waals surface area contributed by atoms with Crippen LogP contribution in [0, 0.1) is 13.6 Å². The minimum absolute atomic E-state index is 0.917. The fraction of sp³-hybridized carbons (Fsp3) is 0.222. The first-order chi connectivity index (χ1) is 5.33. The Morgan fingerprint density at radius 3 is 2.00 bits per heavy atom. The van der Waals surface area contributed by atoms with Gasteiger partial charge in [-0.25, -0.2) is 0 Å². The summed E-state index contributed by atoms with van der Waals surface area (Å²) < 4.78 is 12.5. The van der Waals surface area contributed by atoms with Crippen molar-refractivity contribution in [3.8, 4) is 5.75 Å². The zero-order chi connectivity index (χ0) is 8.69. The van der Waals surface area contributed by atoms with Gasteiger partial charge in [-0.15, -0.1) is 0 Å². The zero-order valence-electron chi connectivity index (χ0n) is 6.63. The fourth-order valence-corrected chi connectivity index (χ4v) is 0.674. The van der Waals surface area contributed by atoms with E-state index in [2.05, 4.69) is 13.6 Å². The number of methoxy groups -OCH3 is 1. The Morgan fingerprint density at radius 1 is 1.18 bits per heavy atom. The molecule has 0 spiro atoms. The summed E-state index contributed by atoms with van der Waals surface area (Å²) in [6.45, 7) is 6.56. The molecular formula is C9H10O2. The molecule has 0 unspecified atom stereocenters. The van der Waals surface area contributed by atoms with Gasteiger partial charge in [0.1, 0.15) is 5.75 Å². The Kier molecular flexibility index (Phi) is 4.91. The van der Waals surface area contributed by atoms with E-state index in [9.17, 15) is 0 Å².